The largest absolute Gasteiger partial charge is 0.485 e. The smallest absolute Gasteiger partial charge is 0.422 e. The summed E-state index contributed by atoms with van der Waals surface area (Å²) in [5.41, 5.74) is -0.443. The fraction of sp³-hybridized carbons (Fsp3) is 0.536. The summed E-state index contributed by atoms with van der Waals surface area (Å²) >= 11 is 6.36. The molecule has 0 saturated carbocycles. The number of fused-ring (bicyclic) bond motifs is 1. The third-order valence-electron chi connectivity index (χ3n) is 8.00. The molecule has 41 heavy (non-hydrogen) atoms. The second-order valence-corrected chi connectivity index (χ2v) is 11.0. The van der Waals surface area contributed by atoms with Crippen LogP contribution >= 0.6 is 11.6 Å². The van der Waals surface area contributed by atoms with Gasteiger partial charge in [-0.15, -0.1) is 0 Å². The molecule has 2 atom stereocenters. The van der Waals surface area contributed by atoms with Gasteiger partial charge in [-0.1, -0.05) is 36.7 Å². The fourth-order valence-corrected chi connectivity index (χ4v) is 5.99. The van der Waals surface area contributed by atoms with Crippen molar-refractivity contribution in [1.29, 1.82) is 0 Å². The molecule has 3 aliphatic heterocycles. The third-order valence-corrected chi connectivity index (χ3v) is 8.37. The number of allylic oxidation sites excluding steroid dienone is 1. The van der Waals surface area contributed by atoms with Gasteiger partial charge in [-0.3, -0.25) is 14.4 Å². The zero-order valence-electron chi connectivity index (χ0n) is 23.1. The monoisotopic (exact) mass is 598 g/mol. The van der Waals surface area contributed by atoms with E-state index in [1.54, 1.807) is 37.4 Å². The number of nitrogens with one attached hydrogen (secondary N) is 1. The number of aliphatic hydroxyl groups is 1. The van der Waals surface area contributed by atoms with Crippen molar-refractivity contribution in [3.63, 3.8) is 0 Å². The second-order valence-electron chi connectivity index (χ2n) is 10.6. The lowest BCUT2D eigenvalue weighted by atomic mass is 9.77. The van der Waals surface area contributed by atoms with Crippen LogP contribution in [0.4, 0.5) is 13.2 Å². The molecule has 0 radical (unpaired) electrons. The molecule has 3 aliphatic rings. The number of amides is 3. The number of hydrogen-bond donors (Lipinski definition) is 2. The van der Waals surface area contributed by atoms with E-state index in [0.717, 1.165) is 0 Å². The van der Waals surface area contributed by atoms with E-state index in [1.165, 1.54) is 21.6 Å². The molecule has 0 spiro atoms. The Kier molecular flexibility index (Phi) is 8.93. The van der Waals surface area contributed by atoms with Gasteiger partial charge in [-0.25, -0.2) is 0 Å². The van der Waals surface area contributed by atoms with Gasteiger partial charge in [0.15, 0.2) is 6.61 Å². The van der Waals surface area contributed by atoms with Crippen LogP contribution in [0.15, 0.2) is 47.5 Å². The third kappa shape index (κ3) is 6.04. The Bertz CT molecular complexity index is 1260. The average molecular weight is 599 g/mol. The van der Waals surface area contributed by atoms with E-state index in [4.69, 9.17) is 21.4 Å². The molecule has 0 aromatic heterocycles. The Labute approximate surface area is 241 Å². The van der Waals surface area contributed by atoms with Crippen LogP contribution in [0.2, 0.25) is 5.02 Å². The summed E-state index contributed by atoms with van der Waals surface area (Å²) in [5.74, 6) is -1.91. The van der Waals surface area contributed by atoms with Crippen molar-refractivity contribution in [3.8, 4) is 0 Å². The number of aliphatic hydroxyl groups excluding tert-OH is 1. The summed E-state index contributed by atoms with van der Waals surface area (Å²) in [6.45, 7) is 1.83. The summed E-state index contributed by atoms with van der Waals surface area (Å²) in [4.78, 5) is 44.1. The minimum Gasteiger partial charge on any atom is -0.485 e. The molecule has 0 bridgehead atoms. The number of nitrogens with zero attached hydrogens (tertiary/aromatic N) is 3. The van der Waals surface area contributed by atoms with Crippen LogP contribution in [0.25, 0.3) is 0 Å². The Balaban J connectivity index is 1.68. The highest BCUT2D eigenvalue weighted by atomic mass is 35.5. The lowest BCUT2D eigenvalue weighted by molar-refractivity contribution is -0.171. The number of carbonyl (C=O) groups is 3. The van der Waals surface area contributed by atoms with Gasteiger partial charge in [0.1, 0.15) is 23.5 Å². The van der Waals surface area contributed by atoms with Crippen LogP contribution in [-0.2, 0) is 25.7 Å². The number of ether oxygens (including phenoxy) is 1. The molecule has 224 valence electrons. The standard InChI is InChI=1S/C28H34ClF3N4O5/c1-4-19-13-21-27(2,26(40)36(19)14-17-7-5-6-8-20(17)29)24(41-16-28(30,31)32)23(34(21)3)25(39)33-18-9-11-35(12-10-18)22(38)15-37/h5-8,13,18,21,37H,4,9-12,14-16H2,1-3H3,(H,33,39). The van der Waals surface area contributed by atoms with Crippen molar-refractivity contribution in [2.24, 2.45) is 5.41 Å². The minimum absolute atomic E-state index is 0.101. The van der Waals surface area contributed by atoms with E-state index in [1.807, 2.05) is 6.92 Å². The van der Waals surface area contributed by atoms with Crippen LogP contribution in [0, 0.1) is 5.41 Å². The number of carbonyl (C=O) groups excluding carboxylic acids is 3. The predicted molar refractivity (Wildman–Crippen MR) is 144 cm³/mol. The van der Waals surface area contributed by atoms with Crippen molar-refractivity contribution in [1.82, 2.24) is 20.0 Å². The van der Waals surface area contributed by atoms with Crippen LogP contribution < -0.4 is 5.32 Å². The predicted octanol–water partition coefficient (Wildman–Crippen LogP) is 3.19. The molecular weight excluding hydrogens is 565 g/mol. The number of likely N-dealkylation sites (tertiary alicyclic amines) is 1. The maximum absolute atomic E-state index is 14.2. The highest BCUT2D eigenvalue weighted by Gasteiger charge is 2.60. The molecule has 2 N–H and O–H groups in total. The quantitative estimate of drug-likeness (QED) is 0.477. The van der Waals surface area contributed by atoms with Crippen molar-refractivity contribution in [2.75, 3.05) is 33.4 Å². The first-order chi connectivity index (χ1) is 19.3. The molecule has 1 aromatic rings. The Morgan fingerprint density at radius 1 is 1.22 bits per heavy atom. The maximum Gasteiger partial charge on any atom is 0.422 e. The summed E-state index contributed by atoms with van der Waals surface area (Å²) in [6.07, 6.45) is -1.64. The normalized spacial score (nSPS) is 23.5. The van der Waals surface area contributed by atoms with E-state index in [0.29, 0.717) is 48.6 Å². The van der Waals surface area contributed by atoms with Gasteiger partial charge in [-0.2, -0.15) is 13.2 Å². The molecule has 3 heterocycles. The molecule has 3 amide bonds. The molecule has 2 unspecified atom stereocenters. The lowest BCUT2D eigenvalue weighted by Crippen LogP contribution is -2.54. The van der Waals surface area contributed by atoms with Gasteiger partial charge < -0.3 is 29.9 Å². The zero-order chi connectivity index (χ0) is 30.1. The fourth-order valence-electron chi connectivity index (χ4n) is 5.79. The summed E-state index contributed by atoms with van der Waals surface area (Å²) in [5, 5.41) is 12.4. The number of alkyl halides is 3. The molecule has 1 fully saturated rings. The van der Waals surface area contributed by atoms with Crippen LogP contribution in [0.5, 0.6) is 0 Å². The van der Waals surface area contributed by atoms with Gasteiger partial charge in [-0.05, 0) is 43.9 Å². The highest BCUT2D eigenvalue weighted by molar-refractivity contribution is 6.31. The minimum atomic E-state index is -4.70. The van der Waals surface area contributed by atoms with Crippen LogP contribution in [0.3, 0.4) is 0 Å². The topological polar surface area (TPSA) is 102 Å². The molecule has 9 nitrogen and oxygen atoms in total. The first-order valence-electron chi connectivity index (χ1n) is 13.4. The van der Waals surface area contributed by atoms with Crippen molar-refractivity contribution < 1.29 is 37.4 Å². The summed E-state index contributed by atoms with van der Waals surface area (Å²) in [6, 6.07) is 5.88. The van der Waals surface area contributed by atoms with E-state index in [9.17, 15) is 27.6 Å². The first kappa shape index (κ1) is 30.7. The summed E-state index contributed by atoms with van der Waals surface area (Å²) < 4.78 is 45.5. The maximum atomic E-state index is 14.2. The van der Waals surface area contributed by atoms with Crippen molar-refractivity contribution >= 4 is 29.3 Å². The summed E-state index contributed by atoms with van der Waals surface area (Å²) in [7, 11) is 1.56. The van der Waals surface area contributed by atoms with Gasteiger partial charge in [0.05, 0.1) is 12.6 Å². The molecule has 1 aromatic carbocycles. The second kappa shape index (κ2) is 11.9. The number of piperidine rings is 1. The molecule has 0 aliphatic carbocycles. The molecule has 13 heteroatoms. The Hall–Kier alpha value is -3.25. The zero-order valence-corrected chi connectivity index (χ0v) is 23.9. The Morgan fingerprint density at radius 3 is 2.46 bits per heavy atom. The van der Waals surface area contributed by atoms with Gasteiger partial charge in [0.25, 0.3) is 5.91 Å². The van der Waals surface area contributed by atoms with E-state index < -0.39 is 48.6 Å². The number of likely N-dealkylation sites (N-methyl/N-ethyl adjacent to an activating group) is 1. The number of rotatable bonds is 8. The first-order valence-corrected chi connectivity index (χ1v) is 13.8. The van der Waals surface area contributed by atoms with Crippen molar-refractivity contribution in [2.45, 2.75) is 57.9 Å². The van der Waals surface area contributed by atoms with Gasteiger partial charge >= 0.3 is 6.18 Å². The number of hydrogen-bond acceptors (Lipinski definition) is 6. The molecular formula is C28H34ClF3N4O5. The average Bonchev–Trinajstić information content (AvgIpc) is 3.16. The van der Waals surface area contributed by atoms with Crippen LogP contribution in [0.1, 0.15) is 38.7 Å². The Morgan fingerprint density at radius 2 is 1.88 bits per heavy atom. The number of halogens is 4. The van der Waals surface area contributed by atoms with E-state index in [2.05, 4.69) is 5.32 Å². The highest BCUT2D eigenvalue weighted by Crippen LogP contribution is 2.50. The van der Waals surface area contributed by atoms with E-state index in [-0.39, 0.29) is 24.0 Å². The number of benzene rings is 1. The SMILES string of the molecule is CCC1=CC2N(C)C(C(=O)NC3CCN(C(=O)CO)CC3)=C(OCC(F)(F)F)C2(C)C(=O)N1Cc1ccccc1Cl. The van der Waals surface area contributed by atoms with Crippen molar-refractivity contribution in [3.05, 3.63) is 58.1 Å². The molecule has 1 saturated heterocycles. The lowest BCUT2D eigenvalue weighted by Gasteiger charge is -2.43. The van der Waals surface area contributed by atoms with Gasteiger partial charge in [0, 0.05) is 36.9 Å². The molecule has 4 rings (SSSR count). The van der Waals surface area contributed by atoms with Gasteiger partial charge in [0.2, 0.25) is 11.8 Å². The van der Waals surface area contributed by atoms with Crippen LogP contribution in [-0.4, -0.2) is 89.1 Å². The van der Waals surface area contributed by atoms with E-state index >= 15 is 0 Å².